The SMILES string of the molecule is Nc1ncccc1C1CCC(=O)CC1. The van der Waals surface area contributed by atoms with Gasteiger partial charge in [-0.05, 0) is 30.4 Å². The van der Waals surface area contributed by atoms with Gasteiger partial charge in [-0.3, -0.25) is 4.79 Å². The summed E-state index contributed by atoms with van der Waals surface area (Å²) < 4.78 is 0. The molecule has 74 valence electrons. The Balaban J connectivity index is 2.16. The van der Waals surface area contributed by atoms with Gasteiger partial charge in [0, 0.05) is 19.0 Å². The largest absolute Gasteiger partial charge is 0.383 e. The summed E-state index contributed by atoms with van der Waals surface area (Å²) in [6.45, 7) is 0. The van der Waals surface area contributed by atoms with E-state index < -0.39 is 0 Å². The molecule has 1 saturated carbocycles. The van der Waals surface area contributed by atoms with Gasteiger partial charge in [0.25, 0.3) is 0 Å². The van der Waals surface area contributed by atoms with Crippen LogP contribution in [-0.2, 0) is 4.79 Å². The molecule has 1 heterocycles. The number of ketones is 1. The number of rotatable bonds is 1. The molecule has 0 aliphatic heterocycles. The summed E-state index contributed by atoms with van der Waals surface area (Å²) in [5.41, 5.74) is 6.90. The van der Waals surface area contributed by atoms with Crippen molar-refractivity contribution in [2.24, 2.45) is 0 Å². The van der Waals surface area contributed by atoms with E-state index >= 15 is 0 Å². The lowest BCUT2D eigenvalue weighted by atomic mass is 9.84. The first-order valence-corrected chi connectivity index (χ1v) is 4.99. The molecule has 3 nitrogen and oxygen atoms in total. The van der Waals surface area contributed by atoms with Gasteiger partial charge in [0.2, 0.25) is 0 Å². The number of nitrogens with zero attached hydrogens (tertiary/aromatic N) is 1. The van der Waals surface area contributed by atoms with Gasteiger partial charge in [-0.2, -0.15) is 0 Å². The molecule has 1 aromatic heterocycles. The molecule has 3 heteroatoms. The van der Waals surface area contributed by atoms with E-state index in [0.29, 0.717) is 30.4 Å². The van der Waals surface area contributed by atoms with Crippen LogP contribution in [0.5, 0.6) is 0 Å². The van der Waals surface area contributed by atoms with Gasteiger partial charge >= 0.3 is 0 Å². The van der Waals surface area contributed by atoms with E-state index in [1.54, 1.807) is 6.20 Å². The second-order valence-corrected chi connectivity index (χ2v) is 3.79. The summed E-state index contributed by atoms with van der Waals surface area (Å²) in [6, 6.07) is 3.92. The van der Waals surface area contributed by atoms with Crippen LogP contribution >= 0.6 is 0 Å². The smallest absolute Gasteiger partial charge is 0.132 e. The van der Waals surface area contributed by atoms with Crippen molar-refractivity contribution < 1.29 is 4.79 Å². The van der Waals surface area contributed by atoms with Crippen LogP contribution in [0.15, 0.2) is 18.3 Å². The third kappa shape index (κ3) is 1.76. The molecule has 1 aliphatic rings. The number of anilines is 1. The zero-order valence-electron chi connectivity index (χ0n) is 8.07. The van der Waals surface area contributed by atoms with Crippen LogP contribution in [0, 0.1) is 0 Å². The summed E-state index contributed by atoms with van der Waals surface area (Å²) >= 11 is 0. The molecule has 0 unspecified atom stereocenters. The highest BCUT2D eigenvalue weighted by Crippen LogP contribution is 2.33. The second kappa shape index (κ2) is 3.78. The lowest BCUT2D eigenvalue weighted by molar-refractivity contribution is -0.120. The summed E-state index contributed by atoms with van der Waals surface area (Å²) in [5.74, 6) is 1.43. The first-order valence-electron chi connectivity index (χ1n) is 4.99. The predicted molar refractivity (Wildman–Crippen MR) is 54.9 cm³/mol. The Morgan fingerprint density at radius 2 is 2.07 bits per heavy atom. The zero-order chi connectivity index (χ0) is 9.97. The Kier molecular flexibility index (Phi) is 2.48. The fraction of sp³-hybridized carbons (Fsp3) is 0.455. The summed E-state index contributed by atoms with van der Waals surface area (Å²) in [5, 5.41) is 0. The molecule has 0 saturated heterocycles. The van der Waals surface area contributed by atoms with Crippen LogP contribution < -0.4 is 5.73 Å². The number of pyridine rings is 1. The molecule has 0 amide bonds. The quantitative estimate of drug-likeness (QED) is 0.735. The highest BCUT2D eigenvalue weighted by Gasteiger charge is 2.21. The Morgan fingerprint density at radius 3 is 2.71 bits per heavy atom. The highest BCUT2D eigenvalue weighted by atomic mass is 16.1. The van der Waals surface area contributed by atoms with Crippen molar-refractivity contribution in [1.29, 1.82) is 0 Å². The van der Waals surface area contributed by atoms with E-state index in [1.807, 2.05) is 12.1 Å². The maximum atomic E-state index is 11.1. The lowest BCUT2D eigenvalue weighted by Gasteiger charge is -2.21. The monoisotopic (exact) mass is 190 g/mol. The number of hydrogen-bond acceptors (Lipinski definition) is 3. The number of nitrogens with two attached hydrogens (primary N) is 1. The van der Waals surface area contributed by atoms with E-state index in [2.05, 4.69) is 4.98 Å². The van der Waals surface area contributed by atoms with Crippen molar-refractivity contribution in [2.45, 2.75) is 31.6 Å². The van der Waals surface area contributed by atoms with Crippen LogP contribution in [-0.4, -0.2) is 10.8 Å². The van der Waals surface area contributed by atoms with Crippen LogP contribution in [0.2, 0.25) is 0 Å². The van der Waals surface area contributed by atoms with Crippen LogP contribution in [0.25, 0.3) is 0 Å². The van der Waals surface area contributed by atoms with Crippen LogP contribution in [0.4, 0.5) is 5.82 Å². The van der Waals surface area contributed by atoms with Gasteiger partial charge in [-0.15, -0.1) is 0 Å². The van der Waals surface area contributed by atoms with E-state index in [1.165, 1.54) is 0 Å². The fourth-order valence-electron chi connectivity index (χ4n) is 2.03. The summed E-state index contributed by atoms with van der Waals surface area (Å²) in [6.07, 6.45) is 4.94. The van der Waals surface area contributed by atoms with Gasteiger partial charge in [0.05, 0.1) is 0 Å². The van der Waals surface area contributed by atoms with Gasteiger partial charge in [-0.1, -0.05) is 6.07 Å². The Morgan fingerprint density at radius 1 is 1.36 bits per heavy atom. The van der Waals surface area contributed by atoms with E-state index in [0.717, 1.165) is 18.4 Å². The number of Topliss-reactive ketones (excluding diaryl/α,β-unsaturated/α-hetero) is 1. The Labute approximate surface area is 83.3 Å². The lowest BCUT2D eigenvalue weighted by Crippen LogP contribution is -2.14. The van der Waals surface area contributed by atoms with Crippen LogP contribution in [0.1, 0.15) is 37.2 Å². The molecule has 1 aliphatic carbocycles. The minimum atomic E-state index is 0.378. The topological polar surface area (TPSA) is 56.0 Å². The van der Waals surface area contributed by atoms with Gasteiger partial charge in [0.15, 0.2) is 0 Å². The first-order chi connectivity index (χ1) is 6.77. The molecule has 14 heavy (non-hydrogen) atoms. The molecule has 1 fully saturated rings. The maximum Gasteiger partial charge on any atom is 0.132 e. The molecule has 0 bridgehead atoms. The fourth-order valence-corrected chi connectivity index (χ4v) is 2.03. The van der Waals surface area contributed by atoms with Crippen molar-refractivity contribution in [3.05, 3.63) is 23.9 Å². The van der Waals surface area contributed by atoms with Crippen molar-refractivity contribution in [2.75, 3.05) is 5.73 Å². The maximum absolute atomic E-state index is 11.1. The number of aromatic nitrogens is 1. The highest BCUT2D eigenvalue weighted by molar-refractivity contribution is 5.79. The molecule has 1 aromatic rings. The zero-order valence-corrected chi connectivity index (χ0v) is 8.07. The van der Waals surface area contributed by atoms with Crippen LogP contribution in [0.3, 0.4) is 0 Å². The molecule has 0 spiro atoms. The minimum Gasteiger partial charge on any atom is -0.383 e. The Hall–Kier alpha value is -1.38. The van der Waals surface area contributed by atoms with Gasteiger partial charge in [-0.25, -0.2) is 4.98 Å². The number of nitrogen functional groups attached to an aromatic ring is 1. The third-order valence-electron chi connectivity index (χ3n) is 2.85. The summed E-state index contributed by atoms with van der Waals surface area (Å²) in [7, 11) is 0. The van der Waals surface area contributed by atoms with E-state index in [-0.39, 0.29) is 0 Å². The minimum absolute atomic E-state index is 0.378. The van der Waals surface area contributed by atoms with Crippen molar-refractivity contribution >= 4 is 11.6 Å². The molecule has 2 N–H and O–H groups in total. The molecule has 0 atom stereocenters. The number of carbonyl (C=O) groups is 1. The molecular weight excluding hydrogens is 176 g/mol. The normalized spacial score (nSPS) is 18.4. The standard InChI is InChI=1S/C11H14N2O/c12-11-10(2-1-7-13-11)8-3-5-9(14)6-4-8/h1-2,7-8H,3-6H2,(H2,12,13). The van der Waals surface area contributed by atoms with Crippen molar-refractivity contribution in [3.8, 4) is 0 Å². The number of hydrogen-bond donors (Lipinski definition) is 1. The second-order valence-electron chi connectivity index (χ2n) is 3.79. The van der Waals surface area contributed by atoms with Crippen molar-refractivity contribution in [3.63, 3.8) is 0 Å². The summed E-state index contributed by atoms with van der Waals surface area (Å²) in [4.78, 5) is 15.1. The van der Waals surface area contributed by atoms with Crippen molar-refractivity contribution in [1.82, 2.24) is 4.98 Å². The molecule has 0 radical (unpaired) electrons. The molecule has 0 aromatic carbocycles. The average Bonchev–Trinajstić information content (AvgIpc) is 2.20. The van der Waals surface area contributed by atoms with E-state index in [9.17, 15) is 4.79 Å². The third-order valence-corrected chi connectivity index (χ3v) is 2.85. The van der Waals surface area contributed by atoms with Gasteiger partial charge in [0.1, 0.15) is 11.6 Å². The molecule has 2 rings (SSSR count). The van der Waals surface area contributed by atoms with Gasteiger partial charge < -0.3 is 5.73 Å². The first kappa shape index (κ1) is 9.19. The predicted octanol–water partition coefficient (Wildman–Crippen LogP) is 1.89. The van der Waals surface area contributed by atoms with E-state index in [4.69, 9.17) is 5.73 Å². The number of carbonyl (C=O) groups excluding carboxylic acids is 1. The Bertz CT molecular complexity index is 339. The average molecular weight is 190 g/mol. The molecular formula is C11H14N2O.